The lowest BCUT2D eigenvalue weighted by Crippen LogP contribution is -2.19. The molecule has 0 bridgehead atoms. The van der Waals surface area contributed by atoms with E-state index in [1.807, 2.05) is 0 Å². The maximum atomic E-state index is 11.6. The van der Waals surface area contributed by atoms with Crippen LogP contribution in [0, 0.1) is 0 Å². The summed E-state index contributed by atoms with van der Waals surface area (Å²) in [5.74, 6) is 0. The Morgan fingerprint density at radius 3 is 2.50 bits per heavy atom. The lowest BCUT2D eigenvalue weighted by atomic mass is 10.3. The molecular weight excluding hydrogens is 266 g/mol. The van der Waals surface area contributed by atoms with Gasteiger partial charge in [0.05, 0.1) is 17.3 Å². The van der Waals surface area contributed by atoms with Gasteiger partial charge in [-0.25, -0.2) is 0 Å². The number of nitrogens with one attached hydrogen (secondary N) is 1. The summed E-state index contributed by atoms with van der Waals surface area (Å²) in [6.07, 6.45) is -4.61. The van der Waals surface area contributed by atoms with Crippen molar-refractivity contribution in [3.05, 3.63) is 28.2 Å². The smallest absolute Gasteiger partial charge is 0.382 e. The molecule has 0 aliphatic carbocycles. The fourth-order valence-electron chi connectivity index (χ4n) is 0.985. The van der Waals surface area contributed by atoms with Gasteiger partial charge in [0, 0.05) is 11.6 Å². The number of hydrogen-bond donors (Lipinski definition) is 1. The fourth-order valence-corrected chi connectivity index (χ4v) is 1.46. The molecule has 0 saturated carbocycles. The van der Waals surface area contributed by atoms with E-state index < -0.39 is 13.0 Å². The van der Waals surface area contributed by atoms with E-state index >= 15 is 0 Å². The van der Waals surface area contributed by atoms with Crippen molar-refractivity contribution < 1.29 is 17.9 Å². The molecule has 0 amide bonds. The summed E-state index contributed by atoms with van der Waals surface area (Å²) < 4.78 is 38.4. The number of hydrogen-bond acceptors (Lipinski definition) is 2. The predicted octanol–water partition coefficient (Wildman–Crippen LogP) is 3.94. The largest absolute Gasteiger partial charge is 0.522 e. The average molecular weight is 274 g/mol. The summed E-state index contributed by atoms with van der Waals surface area (Å²) in [5.41, 5.74) is 0.511. The van der Waals surface area contributed by atoms with Crippen LogP contribution >= 0.6 is 23.2 Å². The molecule has 0 aliphatic heterocycles. The van der Waals surface area contributed by atoms with Crippen molar-refractivity contribution in [1.29, 1.82) is 0 Å². The normalized spacial score (nSPS) is 11.6. The van der Waals surface area contributed by atoms with Crippen molar-refractivity contribution in [1.82, 2.24) is 0 Å². The van der Waals surface area contributed by atoms with Crippen molar-refractivity contribution in [2.24, 2.45) is 0 Å². The number of rotatable bonds is 4. The maximum Gasteiger partial charge on any atom is 0.522 e. The minimum Gasteiger partial charge on any atom is -0.382 e. The van der Waals surface area contributed by atoms with Gasteiger partial charge in [-0.3, -0.25) is 4.74 Å². The Hall–Kier alpha value is -0.650. The highest BCUT2D eigenvalue weighted by Crippen LogP contribution is 2.25. The second kappa shape index (κ2) is 5.61. The first-order chi connectivity index (χ1) is 7.38. The Morgan fingerprint density at radius 1 is 1.25 bits per heavy atom. The summed E-state index contributed by atoms with van der Waals surface area (Å²) >= 11 is 11.4. The van der Waals surface area contributed by atoms with Gasteiger partial charge in [-0.05, 0) is 18.2 Å². The van der Waals surface area contributed by atoms with Gasteiger partial charge in [-0.1, -0.05) is 23.2 Å². The lowest BCUT2D eigenvalue weighted by molar-refractivity contribution is -0.322. The van der Waals surface area contributed by atoms with Crippen molar-refractivity contribution in [3.8, 4) is 0 Å². The highest BCUT2D eigenvalue weighted by atomic mass is 35.5. The van der Waals surface area contributed by atoms with Gasteiger partial charge in [-0.15, -0.1) is 13.2 Å². The van der Waals surface area contributed by atoms with Crippen LogP contribution in [0.2, 0.25) is 10.0 Å². The van der Waals surface area contributed by atoms with Crippen LogP contribution in [-0.4, -0.2) is 19.5 Å². The van der Waals surface area contributed by atoms with Crippen LogP contribution in [-0.2, 0) is 4.74 Å². The van der Waals surface area contributed by atoms with E-state index in [0.717, 1.165) is 0 Å². The maximum absolute atomic E-state index is 11.6. The SMILES string of the molecule is FC(F)(F)OCCNc1ccc(Cl)cc1Cl. The van der Waals surface area contributed by atoms with E-state index in [1.54, 1.807) is 12.1 Å². The van der Waals surface area contributed by atoms with Crippen LogP contribution < -0.4 is 5.32 Å². The molecule has 0 atom stereocenters. The molecule has 1 N–H and O–H groups in total. The van der Waals surface area contributed by atoms with Gasteiger partial charge in [-0.2, -0.15) is 0 Å². The van der Waals surface area contributed by atoms with Crippen molar-refractivity contribution >= 4 is 28.9 Å². The summed E-state index contributed by atoms with van der Waals surface area (Å²) in [5, 5.41) is 3.50. The molecule has 0 spiro atoms. The molecule has 0 heterocycles. The van der Waals surface area contributed by atoms with E-state index in [4.69, 9.17) is 23.2 Å². The molecule has 0 unspecified atom stereocenters. The summed E-state index contributed by atoms with van der Waals surface area (Å²) in [7, 11) is 0. The van der Waals surface area contributed by atoms with Gasteiger partial charge in [0.2, 0.25) is 0 Å². The zero-order valence-electron chi connectivity index (χ0n) is 7.94. The molecule has 1 aromatic rings. The molecule has 90 valence electrons. The third kappa shape index (κ3) is 4.92. The van der Waals surface area contributed by atoms with Crippen LogP contribution in [0.4, 0.5) is 18.9 Å². The zero-order chi connectivity index (χ0) is 12.2. The van der Waals surface area contributed by atoms with E-state index in [9.17, 15) is 13.2 Å². The molecule has 2 nitrogen and oxygen atoms in total. The number of alkyl halides is 3. The lowest BCUT2D eigenvalue weighted by Gasteiger charge is -2.10. The average Bonchev–Trinajstić information content (AvgIpc) is 2.13. The van der Waals surface area contributed by atoms with Gasteiger partial charge in [0.1, 0.15) is 0 Å². The Morgan fingerprint density at radius 2 is 1.94 bits per heavy atom. The van der Waals surface area contributed by atoms with Crippen LogP contribution in [0.25, 0.3) is 0 Å². The third-order valence-corrected chi connectivity index (χ3v) is 2.16. The predicted molar refractivity (Wildman–Crippen MR) is 57.0 cm³/mol. The molecule has 0 radical (unpaired) electrons. The van der Waals surface area contributed by atoms with Crippen LogP contribution in [0.15, 0.2) is 18.2 Å². The van der Waals surface area contributed by atoms with Gasteiger partial charge >= 0.3 is 6.36 Å². The van der Waals surface area contributed by atoms with Gasteiger partial charge in [0.25, 0.3) is 0 Å². The fraction of sp³-hybridized carbons (Fsp3) is 0.333. The minimum atomic E-state index is -4.61. The summed E-state index contributed by atoms with van der Waals surface area (Å²) in [6.45, 7) is -0.483. The molecular formula is C9H8Cl2F3NO. The molecule has 16 heavy (non-hydrogen) atoms. The van der Waals surface area contributed by atoms with Gasteiger partial charge in [0.15, 0.2) is 0 Å². The Bertz CT molecular complexity index is 357. The first-order valence-corrected chi connectivity index (χ1v) is 5.04. The van der Waals surface area contributed by atoms with Crippen molar-refractivity contribution in [3.63, 3.8) is 0 Å². The van der Waals surface area contributed by atoms with E-state index in [0.29, 0.717) is 15.7 Å². The van der Waals surface area contributed by atoms with Crippen LogP contribution in [0.5, 0.6) is 0 Å². The third-order valence-electron chi connectivity index (χ3n) is 1.61. The first-order valence-electron chi connectivity index (χ1n) is 4.28. The molecule has 1 rings (SSSR count). The minimum absolute atomic E-state index is 0.000856. The number of ether oxygens (including phenoxy) is 1. The summed E-state index contributed by atoms with van der Waals surface area (Å²) in [6, 6.07) is 4.66. The second-order valence-electron chi connectivity index (χ2n) is 2.85. The van der Waals surface area contributed by atoms with Crippen LogP contribution in [0.1, 0.15) is 0 Å². The molecule has 0 aliphatic rings. The molecule has 0 fully saturated rings. The first kappa shape index (κ1) is 13.4. The number of benzene rings is 1. The van der Waals surface area contributed by atoms with E-state index in [2.05, 4.69) is 10.1 Å². The second-order valence-corrected chi connectivity index (χ2v) is 3.69. The number of halogens is 5. The standard InChI is InChI=1S/C9H8Cl2F3NO/c10-6-1-2-8(7(11)5-6)15-3-4-16-9(12,13)14/h1-2,5,15H,3-4H2. The highest BCUT2D eigenvalue weighted by molar-refractivity contribution is 6.36. The molecule has 0 aromatic heterocycles. The van der Waals surface area contributed by atoms with Crippen molar-refractivity contribution in [2.75, 3.05) is 18.5 Å². The molecule has 0 saturated heterocycles. The molecule has 1 aromatic carbocycles. The monoisotopic (exact) mass is 273 g/mol. The van der Waals surface area contributed by atoms with E-state index in [-0.39, 0.29) is 6.54 Å². The number of anilines is 1. The summed E-state index contributed by atoms with van der Waals surface area (Å²) in [4.78, 5) is 0. The Balaban J connectivity index is 2.38. The Labute approximate surface area is 100 Å². The molecule has 7 heteroatoms. The topological polar surface area (TPSA) is 21.3 Å². The van der Waals surface area contributed by atoms with E-state index in [1.165, 1.54) is 6.07 Å². The highest BCUT2D eigenvalue weighted by Gasteiger charge is 2.28. The van der Waals surface area contributed by atoms with Gasteiger partial charge < -0.3 is 5.32 Å². The zero-order valence-corrected chi connectivity index (χ0v) is 9.46. The van der Waals surface area contributed by atoms with Crippen molar-refractivity contribution in [2.45, 2.75) is 6.36 Å². The quantitative estimate of drug-likeness (QED) is 0.839. The van der Waals surface area contributed by atoms with Crippen LogP contribution in [0.3, 0.4) is 0 Å². The Kier molecular flexibility index (Phi) is 4.70.